The maximum Gasteiger partial charge on any atom is 0.411 e. The van der Waals surface area contributed by atoms with E-state index in [1.54, 1.807) is 0 Å². The number of rotatable bonds is 5. The Hall–Kier alpha value is -0.880. The molecule has 0 aliphatic heterocycles. The Balaban J connectivity index is 2.54. The molecule has 7 heteroatoms. The molecule has 0 saturated carbocycles. The molecule has 108 valence electrons. The third-order valence-electron chi connectivity index (χ3n) is 2.40. The number of ether oxygens (including phenoxy) is 1. The van der Waals surface area contributed by atoms with E-state index in [-0.39, 0.29) is 24.2 Å². The molecule has 0 bridgehead atoms. The summed E-state index contributed by atoms with van der Waals surface area (Å²) in [7, 11) is 0. The van der Waals surface area contributed by atoms with Crippen molar-refractivity contribution in [1.82, 2.24) is 0 Å². The lowest BCUT2D eigenvalue weighted by Crippen LogP contribution is -2.17. The first kappa shape index (κ1) is 16.2. The van der Waals surface area contributed by atoms with Crippen molar-refractivity contribution in [2.24, 2.45) is 0 Å². The average Bonchev–Trinajstić information content (AvgIpc) is 2.28. The summed E-state index contributed by atoms with van der Waals surface area (Å²) >= 11 is 5.82. The van der Waals surface area contributed by atoms with E-state index in [1.807, 2.05) is 0 Å². The lowest BCUT2D eigenvalue weighted by Gasteiger charge is -2.13. The molecule has 19 heavy (non-hydrogen) atoms. The van der Waals surface area contributed by atoms with Gasteiger partial charge in [-0.25, -0.2) is 8.78 Å². The van der Waals surface area contributed by atoms with E-state index in [2.05, 4.69) is 4.74 Å². The first-order valence-electron chi connectivity index (χ1n) is 5.45. The van der Waals surface area contributed by atoms with Crippen LogP contribution >= 0.6 is 11.6 Å². The zero-order valence-electron chi connectivity index (χ0n) is 10.0. The monoisotopic (exact) mass is 302 g/mol. The molecule has 0 spiro atoms. The molecule has 0 saturated heterocycles. The fraction of sp³-hybridized carbons (Fsp3) is 0.500. The van der Waals surface area contributed by atoms with Gasteiger partial charge in [0.15, 0.2) is 0 Å². The van der Waals surface area contributed by atoms with Crippen molar-refractivity contribution in [3.05, 3.63) is 34.9 Å². The van der Waals surface area contributed by atoms with E-state index in [4.69, 9.17) is 11.6 Å². The number of aryl methyl sites for hydroxylation is 1. The molecule has 0 aliphatic carbocycles. The van der Waals surface area contributed by atoms with E-state index in [0.29, 0.717) is 0 Å². The van der Waals surface area contributed by atoms with Gasteiger partial charge in [0.2, 0.25) is 0 Å². The molecular formula is C12H12ClF5O. The number of hydrogen-bond donors (Lipinski definition) is 0. The van der Waals surface area contributed by atoms with Crippen LogP contribution in [0.2, 0.25) is 0 Å². The van der Waals surface area contributed by atoms with Gasteiger partial charge in [-0.05, 0) is 31.0 Å². The zero-order chi connectivity index (χ0) is 14.6. The summed E-state index contributed by atoms with van der Waals surface area (Å²) in [4.78, 5) is 0. The first-order valence-corrected chi connectivity index (χ1v) is 5.88. The summed E-state index contributed by atoms with van der Waals surface area (Å²) in [6.07, 6.45) is -4.46. The smallest absolute Gasteiger partial charge is 0.372 e. The van der Waals surface area contributed by atoms with Gasteiger partial charge in [-0.15, -0.1) is 11.6 Å². The van der Waals surface area contributed by atoms with Gasteiger partial charge < -0.3 is 4.74 Å². The average molecular weight is 303 g/mol. The van der Waals surface area contributed by atoms with Gasteiger partial charge in [0.25, 0.3) is 0 Å². The molecule has 1 rings (SSSR count). The highest BCUT2D eigenvalue weighted by Crippen LogP contribution is 2.28. The summed E-state index contributed by atoms with van der Waals surface area (Å²) < 4.78 is 66.5. The fourth-order valence-electron chi connectivity index (χ4n) is 1.43. The van der Waals surface area contributed by atoms with Crippen molar-refractivity contribution in [1.29, 1.82) is 0 Å². The number of alkyl halides is 4. The highest BCUT2D eigenvalue weighted by Gasteiger charge is 2.27. The van der Waals surface area contributed by atoms with Gasteiger partial charge in [0.1, 0.15) is 18.2 Å². The topological polar surface area (TPSA) is 9.23 Å². The SMILES string of the molecule is Cc1cc(F)c(C(Cl)CCOCC(F)(F)F)cc1F. The Morgan fingerprint density at radius 2 is 1.84 bits per heavy atom. The van der Waals surface area contributed by atoms with Crippen LogP contribution in [0.25, 0.3) is 0 Å². The van der Waals surface area contributed by atoms with E-state index in [0.717, 1.165) is 12.1 Å². The second-order valence-corrected chi connectivity index (χ2v) is 4.57. The maximum absolute atomic E-state index is 13.5. The highest BCUT2D eigenvalue weighted by molar-refractivity contribution is 6.20. The second-order valence-electron chi connectivity index (χ2n) is 4.05. The molecule has 1 atom stereocenters. The van der Waals surface area contributed by atoms with Gasteiger partial charge >= 0.3 is 6.18 Å². The normalized spacial score (nSPS) is 13.6. The van der Waals surface area contributed by atoms with Crippen molar-refractivity contribution in [3.63, 3.8) is 0 Å². The van der Waals surface area contributed by atoms with E-state index in [9.17, 15) is 22.0 Å². The molecule has 1 unspecified atom stereocenters. The van der Waals surface area contributed by atoms with Crippen LogP contribution in [-0.4, -0.2) is 19.4 Å². The molecule has 1 nitrogen and oxygen atoms in total. The molecule has 0 heterocycles. The van der Waals surface area contributed by atoms with Crippen molar-refractivity contribution in [2.75, 3.05) is 13.2 Å². The van der Waals surface area contributed by atoms with E-state index >= 15 is 0 Å². The maximum atomic E-state index is 13.5. The van der Waals surface area contributed by atoms with E-state index in [1.165, 1.54) is 6.92 Å². The lowest BCUT2D eigenvalue weighted by molar-refractivity contribution is -0.174. The van der Waals surface area contributed by atoms with Gasteiger partial charge in [-0.3, -0.25) is 0 Å². The summed E-state index contributed by atoms with van der Waals surface area (Å²) in [5, 5.41) is -0.941. The van der Waals surface area contributed by atoms with Gasteiger partial charge in [0, 0.05) is 12.2 Å². The van der Waals surface area contributed by atoms with E-state index < -0.39 is 29.8 Å². The van der Waals surface area contributed by atoms with Gasteiger partial charge in [-0.2, -0.15) is 13.2 Å². The quantitative estimate of drug-likeness (QED) is 0.441. The summed E-state index contributed by atoms with van der Waals surface area (Å²) in [5.41, 5.74) is 0.0545. The summed E-state index contributed by atoms with van der Waals surface area (Å²) in [5.74, 6) is -1.30. The van der Waals surface area contributed by atoms with Gasteiger partial charge in [0.05, 0.1) is 5.38 Å². The third-order valence-corrected chi connectivity index (χ3v) is 2.85. The molecule has 0 N–H and O–H groups in total. The molecule has 0 aliphatic rings. The van der Waals surface area contributed by atoms with Crippen LogP contribution in [0.15, 0.2) is 12.1 Å². The number of halogens is 6. The minimum atomic E-state index is -4.41. The summed E-state index contributed by atoms with van der Waals surface area (Å²) in [6.45, 7) is -0.276. The third kappa shape index (κ3) is 5.32. The first-order chi connectivity index (χ1) is 8.70. The predicted molar refractivity (Wildman–Crippen MR) is 61.2 cm³/mol. The lowest BCUT2D eigenvalue weighted by atomic mass is 10.1. The molecule has 0 amide bonds. The molecule has 0 aromatic heterocycles. The molecule has 1 aromatic carbocycles. The standard InChI is InChI=1S/C12H12ClF5O/c1-7-4-11(15)8(5-10(7)14)9(13)2-3-19-6-12(16,17)18/h4-5,9H,2-3,6H2,1H3. The van der Waals surface area contributed by atoms with Crippen molar-refractivity contribution >= 4 is 11.6 Å². The molecular weight excluding hydrogens is 291 g/mol. The molecule has 0 radical (unpaired) electrons. The van der Waals surface area contributed by atoms with Crippen LogP contribution < -0.4 is 0 Å². The van der Waals surface area contributed by atoms with Crippen LogP contribution in [-0.2, 0) is 4.74 Å². The summed E-state index contributed by atoms with van der Waals surface area (Å²) in [6, 6.07) is 1.95. The second kappa shape index (κ2) is 6.52. The van der Waals surface area contributed by atoms with Crippen LogP contribution in [0.5, 0.6) is 0 Å². The Bertz CT molecular complexity index is 433. The van der Waals surface area contributed by atoms with Crippen molar-refractivity contribution < 1.29 is 26.7 Å². The van der Waals surface area contributed by atoms with Crippen LogP contribution in [0.4, 0.5) is 22.0 Å². The Morgan fingerprint density at radius 1 is 1.21 bits per heavy atom. The Labute approximate surface area is 112 Å². The molecule has 0 fully saturated rings. The zero-order valence-corrected chi connectivity index (χ0v) is 10.8. The van der Waals surface area contributed by atoms with Crippen LogP contribution in [0, 0.1) is 18.6 Å². The highest BCUT2D eigenvalue weighted by atomic mass is 35.5. The number of benzene rings is 1. The van der Waals surface area contributed by atoms with Crippen LogP contribution in [0.1, 0.15) is 22.9 Å². The minimum Gasteiger partial charge on any atom is -0.372 e. The Kier molecular flexibility index (Phi) is 5.55. The van der Waals surface area contributed by atoms with Gasteiger partial charge in [-0.1, -0.05) is 0 Å². The van der Waals surface area contributed by atoms with Crippen molar-refractivity contribution in [2.45, 2.75) is 24.9 Å². The van der Waals surface area contributed by atoms with Crippen LogP contribution in [0.3, 0.4) is 0 Å². The molecule has 1 aromatic rings. The minimum absolute atomic E-state index is 0.0446. The largest absolute Gasteiger partial charge is 0.411 e. The number of hydrogen-bond acceptors (Lipinski definition) is 1. The Morgan fingerprint density at radius 3 is 2.42 bits per heavy atom. The van der Waals surface area contributed by atoms with Crippen molar-refractivity contribution in [3.8, 4) is 0 Å². The predicted octanol–water partition coefficient (Wildman–Crippen LogP) is 4.52. The fourth-order valence-corrected chi connectivity index (χ4v) is 1.69.